The van der Waals surface area contributed by atoms with Crippen LogP contribution in [0.2, 0.25) is 0 Å². The molecule has 0 unspecified atom stereocenters. The van der Waals surface area contributed by atoms with Gasteiger partial charge in [0.05, 0.1) is 12.0 Å². The fourth-order valence-corrected chi connectivity index (χ4v) is 2.98. The number of hydrogen-bond acceptors (Lipinski definition) is 5. The number of rotatable bonds is 5. The second kappa shape index (κ2) is 7.60. The summed E-state index contributed by atoms with van der Waals surface area (Å²) in [7, 11) is 0. The molecule has 0 bridgehead atoms. The molecule has 7 heteroatoms. The third-order valence-corrected chi connectivity index (χ3v) is 4.71. The van der Waals surface area contributed by atoms with Crippen molar-refractivity contribution in [2.24, 2.45) is 5.10 Å². The SMILES string of the molecule is O=C(CSc1nc2ccccc2o1)NN=Cc1ccccc1I. The van der Waals surface area contributed by atoms with Crippen molar-refractivity contribution in [3.8, 4) is 0 Å². The molecule has 0 saturated carbocycles. The highest BCUT2D eigenvalue weighted by Crippen LogP contribution is 2.22. The molecule has 2 aromatic carbocycles. The maximum Gasteiger partial charge on any atom is 0.257 e. The van der Waals surface area contributed by atoms with Crippen LogP contribution < -0.4 is 5.43 Å². The van der Waals surface area contributed by atoms with Crippen LogP contribution in [0.5, 0.6) is 0 Å². The van der Waals surface area contributed by atoms with Crippen LogP contribution in [0, 0.1) is 3.57 Å². The minimum Gasteiger partial charge on any atom is -0.431 e. The summed E-state index contributed by atoms with van der Waals surface area (Å²) in [5.74, 6) is -0.0183. The first kappa shape index (κ1) is 16.0. The summed E-state index contributed by atoms with van der Waals surface area (Å²) in [6, 6.07) is 15.3. The molecule has 0 atom stereocenters. The van der Waals surface area contributed by atoms with Crippen LogP contribution in [0.3, 0.4) is 0 Å². The van der Waals surface area contributed by atoms with Gasteiger partial charge in [-0.3, -0.25) is 4.79 Å². The average molecular weight is 437 g/mol. The topological polar surface area (TPSA) is 67.5 Å². The average Bonchev–Trinajstić information content (AvgIpc) is 2.98. The Morgan fingerprint density at radius 2 is 2.04 bits per heavy atom. The summed E-state index contributed by atoms with van der Waals surface area (Å²) in [6.07, 6.45) is 1.63. The van der Waals surface area contributed by atoms with Crippen molar-refractivity contribution in [1.82, 2.24) is 10.4 Å². The highest BCUT2D eigenvalue weighted by Gasteiger charge is 2.08. The fourth-order valence-electron chi connectivity index (χ4n) is 1.83. The first-order valence-electron chi connectivity index (χ1n) is 6.77. The van der Waals surface area contributed by atoms with E-state index in [-0.39, 0.29) is 11.7 Å². The van der Waals surface area contributed by atoms with Crippen molar-refractivity contribution < 1.29 is 9.21 Å². The summed E-state index contributed by atoms with van der Waals surface area (Å²) >= 11 is 3.46. The molecule has 23 heavy (non-hydrogen) atoms. The number of amides is 1. The summed E-state index contributed by atoms with van der Waals surface area (Å²) in [5, 5.41) is 4.44. The largest absolute Gasteiger partial charge is 0.431 e. The monoisotopic (exact) mass is 437 g/mol. The van der Waals surface area contributed by atoms with E-state index in [1.165, 1.54) is 11.8 Å². The summed E-state index contributed by atoms with van der Waals surface area (Å²) < 4.78 is 6.61. The zero-order valence-electron chi connectivity index (χ0n) is 11.9. The molecular weight excluding hydrogens is 425 g/mol. The smallest absolute Gasteiger partial charge is 0.257 e. The van der Waals surface area contributed by atoms with Crippen molar-refractivity contribution in [3.05, 3.63) is 57.7 Å². The van der Waals surface area contributed by atoms with Crippen LogP contribution in [0.4, 0.5) is 0 Å². The molecule has 0 spiro atoms. The van der Waals surface area contributed by atoms with E-state index in [0.717, 1.165) is 14.7 Å². The van der Waals surface area contributed by atoms with Crippen LogP contribution in [0.1, 0.15) is 5.56 Å². The lowest BCUT2D eigenvalue weighted by atomic mass is 10.2. The summed E-state index contributed by atoms with van der Waals surface area (Å²) in [5.41, 5.74) is 4.96. The third kappa shape index (κ3) is 4.32. The predicted octanol–water partition coefficient (Wildman–Crippen LogP) is 3.67. The van der Waals surface area contributed by atoms with Gasteiger partial charge >= 0.3 is 0 Å². The van der Waals surface area contributed by atoms with Crippen LogP contribution in [0.25, 0.3) is 11.1 Å². The van der Waals surface area contributed by atoms with Gasteiger partial charge in [-0.25, -0.2) is 10.4 Å². The van der Waals surface area contributed by atoms with Crippen LogP contribution >= 0.6 is 34.4 Å². The molecule has 0 fully saturated rings. The number of nitrogens with one attached hydrogen (secondary N) is 1. The van der Waals surface area contributed by atoms with Crippen molar-refractivity contribution in [1.29, 1.82) is 0 Å². The molecule has 1 aromatic heterocycles. The first-order valence-corrected chi connectivity index (χ1v) is 8.83. The van der Waals surface area contributed by atoms with Gasteiger partial charge in [-0.2, -0.15) is 5.10 Å². The normalized spacial score (nSPS) is 11.2. The van der Waals surface area contributed by atoms with Gasteiger partial charge in [-0.05, 0) is 40.8 Å². The van der Waals surface area contributed by atoms with Gasteiger partial charge in [0, 0.05) is 9.13 Å². The number of thioether (sulfide) groups is 1. The van der Waals surface area contributed by atoms with E-state index in [9.17, 15) is 4.79 Å². The van der Waals surface area contributed by atoms with Crippen molar-refractivity contribution >= 4 is 57.6 Å². The van der Waals surface area contributed by atoms with E-state index in [2.05, 4.69) is 38.1 Å². The Morgan fingerprint density at radius 1 is 1.26 bits per heavy atom. The van der Waals surface area contributed by atoms with Gasteiger partial charge in [-0.1, -0.05) is 42.1 Å². The number of halogens is 1. The van der Waals surface area contributed by atoms with Crippen molar-refractivity contribution in [2.45, 2.75) is 5.22 Å². The molecule has 0 aliphatic heterocycles. The van der Waals surface area contributed by atoms with Crippen LogP contribution in [-0.4, -0.2) is 22.9 Å². The maximum atomic E-state index is 11.8. The lowest BCUT2D eigenvalue weighted by Gasteiger charge is -1.98. The second-order valence-electron chi connectivity index (χ2n) is 4.55. The first-order chi connectivity index (χ1) is 11.2. The zero-order valence-corrected chi connectivity index (χ0v) is 14.9. The van der Waals surface area contributed by atoms with E-state index < -0.39 is 0 Å². The third-order valence-electron chi connectivity index (χ3n) is 2.90. The quantitative estimate of drug-likeness (QED) is 0.286. The number of hydrogen-bond donors (Lipinski definition) is 1. The summed E-state index contributed by atoms with van der Waals surface area (Å²) in [6.45, 7) is 0. The van der Waals surface area contributed by atoms with Crippen LogP contribution in [0.15, 0.2) is 63.3 Å². The molecule has 3 aromatic rings. The zero-order chi connectivity index (χ0) is 16.1. The molecule has 0 aliphatic rings. The Balaban J connectivity index is 1.52. The molecule has 1 N–H and O–H groups in total. The van der Waals surface area contributed by atoms with Crippen LogP contribution in [-0.2, 0) is 4.79 Å². The number of aromatic nitrogens is 1. The Hall–Kier alpha value is -1.87. The Labute approximate surface area is 150 Å². The molecule has 116 valence electrons. The highest BCUT2D eigenvalue weighted by atomic mass is 127. The van der Waals surface area contributed by atoms with Gasteiger partial charge in [0.25, 0.3) is 11.1 Å². The van der Waals surface area contributed by atoms with Gasteiger partial charge in [0.1, 0.15) is 5.52 Å². The van der Waals surface area contributed by atoms with Crippen molar-refractivity contribution in [2.75, 3.05) is 5.75 Å². The molecule has 0 aliphatic carbocycles. The minimum atomic E-state index is -0.209. The van der Waals surface area contributed by atoms with E-state index >= 15 is 0 Å². The number of nitrogens with zero attached hydrogens (tertiary/aromatic N) is 2. The second-order valence-corrected chi connectivity index (χ2v) is 6.64. The molecule has 0 saturated heterocycles. The van der Waals surface area contributed by atoms with Gasteiger partial charge in [0.15, 0.2) is 5.58 Å². The number of para-hydroxylation sites is 2. The minimum absolute atomic E-state index is 0.191. The lowest BCUT2D eigenvalue weighted by molar-refractivity contribution is -0.118. The van der Waals surface area contributed by atoms with Gasteiger partial charge in [0.2, 0.25) is 0 Å². The van der Waals surface area contributed by atoms with Crippen molar-refractivity contribution in [3.63, 3.8) is 0 Å². The van der Waals surface area contributed by atoms with E-state index in [0.29, 0.717) is 10.8 Å². The number of oxazole rings is 1. The lowest BCUT2D eigenvalue weighted by Crippen LogP contribution is -2.19. The Kier molecular flexibility index (Phi) is 5.29. The Morgan fingerprint density at radius 3 is 2.87 bits per heavy atom. The molecule has 5 nitrogen and oxygen atoms in total. The number of carbonyl (C=O) groups excluding carboxylic acids is 1. The molecule has 3 rings (SSSR count). The maximum absolute atomic E-state index is 11.8. The number of fused-ring (bicyclic) bond motifs is 1. The number of benzene rings is 2. The predicted molar refractivity (Wildman–Crippen MR) is 99.6 cm³/mol. The number of hydrazone groups is 1. The number of carbonyl (C=O) groups is 1. The van der Waals surface area contributed by atoms with E-state index in [4.69, 9.17) is 4.42 Å². The molecule has 1 amide bonds. The fraction of sp³-hybridized carbons (Fsp3) is 0.0625. The molecule has 0 radical (unpaired) electrons. The molecular formula is C16H12IN3O2S. The molecule has 1 heterocycles. The van der Waals surface area contributed by atoms with E-state index in [1.54, 1.807) is 6.21 Å². The standard InChI is InChI=1S/C16H12IN3O2S/c17-12-6-2-1-5-11(12)9-18-20-15(21)10-23-16-19-13-7-3-4-8-14(13)22-16/h1-9H,10H2,(H,20,21). The highest BCUT2D eigenvalue weighted by molar-refractivity contribution is 14.1. The van der Waals surface area contributed by atoms with Gasteiger partial charge in [-0.15, -0.1) is 0 Å². The Bertz CT molecular complexity index is 830. The summed E-state index contributed by atoms with van der Waals surface area (Å²) in [4.78, 5) is 16.1. The van der Waals surface area contributed by atoms with E-state index in [1.807, 2.05) is 48.5 Å². The van der Waals surface area contributed by atoms with Gasteiger partial charge < -0.3 is 4.42 Å².